The predicted molar refractivity (Wildman–Crippen MR) is 104 cm³/mol. The van der Waals surface area contributed by atoms with Crippen molar-refractivity contribution < 1.29 is 13.9 Å². The smallest absolute Gasteiger partial charge is 0.262 e. The molecule has 2 aromatic carbocycles. The van der Waals surface area contributed by atoms with Crippen molar-refractivity contribution in [1.82, 2.24) is 4.98 Å². The summed E-state index contributed by atoms with van der Waals surface area (Å²) >= 11 is 0. The largest absolute Gasteiger partial charge is 0.484 e. The van der Waals surface area contributed by atoms with Crippen LogP contribution in [0.1, 0.15) is 26.3 Å². The van der Waals surface area contributed by atoms with Gasteiger partial charge in [0.05, 0.1) is 5.52 Å². The van der Waals surface area contributed by atoms with E-state index < -0.39 is 0 Å². The summed E-state index contributed by atoms with van der Waals surface area (Å²) in [7, 11) is 0. The van der Waals surface area contributed by atoms with Crippen LogP contribution in [0.4, 0.5) is 10.1 Å². The highest BCUT2D eigenvalue weighted by molar-refractivity contribution is 5.95. The number of aromatic amines is 1. The Morgan fingerprint density at radius 2 is 1.81 bits per heavy atom. The van der Waals surface area contributed by atoms with Crippen LogP contribution in [0, 0.1) is 5.82 Å². The van der Waals surface area contributed by atoms with E-state index in [1.165, 1.54) is 24.3 Å². The summed E-state index contributed by atoms with van der Waals surface area (Å²) in [5, 5.41) is 3.67. The van der Waals surface area contributed by atoms with Gasteiger partial charge in [-0.25, -0.2) is 4.39 Å². The first-order valence-corrected chi connectivity index (χ1v) is 8.58. The molecular formula is C21H21FN2O3. The number of carbonyl (C=O) groups is 1. The summed E-state index contributed by atoms with van der Waals surface area (Å²) in [6, 6.07) is 12.4. The fourth-order valence-corrected chi connectivity index (χ4v) is 2.84. The lowest BCUT2D eigenvalue weighted by molar-refractivity contribution is -0.118. The molecule has 0 saturated heterocycles. The van der Waals surface area contributed by atoms with Gasteiger partial charge in [0.2, 0.25) is 5.56 Å². The van der Waals surface area contributed by atoms with E-state index in [9.17, 15) is 14.0 Å². The van der Waals surface area contributed by atoms with Crippen molar-refractivity contribution in [2.45, 2.75) is 26.2 Å². The van der Waals surface area contributed by atoms with E-state index >= 15 is 0 Å². The monoisotopic (exact) mass is 368 g/mol. The van der Waals surface area contributed by atoms with E-state index in [-0.39, 0.29) is 29.3 Å². The van der Waals surface area contributed by atoms with Crippen LogP contribution in [0.25, 0.3) is 10.9 Å². The Morgan fingerprint density at radius 1 is 1.11 bits per heavy atom. The second-order valence-corrected chi connectivity index (χ2v) is 7.35. The van der Waals surface area contributed by atoms with Crippen LogP contribution in [0.3, 0.4) is 0 Å². The number of anilines is 1. The first kappa shape index (κ1) is 18.6. The molecule has 140 valence electrons. The second-order valence-electron chi connectivity index (χ2n) is 7.35. The zero-order valence-electron chi connectivity index (χ0n) is 15.4. The van der Waals surface area contributed by atoms with Gasteiger partial charge < -0.3 is 15.0 Å². The van der Waals surface area contributed by atoms with Crippen molar-refractivity contribution in [1.29, 1.82) is 0 Å². The number of halogens is 1. The predicted octanol–water partition coefficient (Wildman–Crippen LogP) is 3.98. The normalized spacial score (nSPS) is 11.4. The topological polar surface area (TPSA) is 71.2 Å². The number of hydrogen-bond donors (Lipinski definition) is 2. The van der Waals surface area contributed by atoms with Gasteiger partial charge in [0.1, 0.15) is 11.6 Å². The molecular weight excluding hydrogens is 347 g/mol. The first-order chi connectivity index (χ1) is 12.7. The van der Waals surface area contributed by atoms with Crippen molar-refractivity contribution in [2.24, 2.45) is 0 Å². The SMILES string of the molecule is CC(C)(C)c1cc(=O)[nH]c2cc(NC(=O)COc3ccc(F)cc3)ccc12. The van der Waals surface area contributed by atoms with Crippen LogP contribution >= 0.6 is 0 Å². The Bertz CT molecular complexity index is 1030. The summed E-state index contributed by atoms with van der Waals surface area (Å²) in [6.07, 6.45) is 0. The highest BCUT2D eigenvalue weighted by atomic mass is 19.1. The molecule has 1 amide bonds. The summed E-state index contributed by atoms with van der Waals surface area (Å²) in [4.78, 5) is 26.9. The van der Waals surface area contributed by atoms with Gasteiger partial charge in [-0.2, -0.15) is 0 Å². The number of aromatic nitrogens is 1. The van der Waals surface area contributed by atoms with E-state index in [0.717, 1.165) is 10.9 Å². The molecule has 0 spiro atoms. The standard InChI is InChI=1S/C21H21FN2O3/c1-21(2,3)17-11-19(25)24-18-10-14(6-9-16(17)18)23-20(26)12-27-15-7-4-13(22)5-8-15/h4-11H,12H2,1-3H3,(H,23,26)(H,24,25). The van der Waals surface area contributed by atoms with Gasteiger partial charge in [-0.1, -0.05) is 26.8 Å². The molecule has 0 aliphatic carbocycles. The minimum absolute atomic E-state index is 0.180. The Balaban J connectivity index is 1.76. The molecule has 0 aliphatic rings. The Hall–Kier alpha value is -3.15. The number of rotatable bonds is 4. The summed E-state index contributed by atoms with van der Waals surface area (Å²) < 4.78 is 18.2. The Labute approximate surface area is 156 Å². The van der Waals surface area contributed by atoms with Crippen molar-refractivity contribution in [3.05, 3.63) is 70.3 Å². The van der Waals surface area contributed by atoms with Gasteiger partial charge in [0.25, 0.3) is 5.91 Å². The number of fused-ring (bicyclic) bond motifs is 1. The number of H-pyrrole nitrogens is 1. The zero-order chi connectivity index (χ0) is 19.6. The van der Waals surface area contributed by atoms with E-state index in [4.69, 9.17) is 4.74 Å². The molecule has 6 heteroatoms. The molecule has 1 heterocycles. The van der Waals surface area contributed by atoms with Gasteiger partial charge in [-0.15, -0.1) is 0 Å². The molecule has 0 fully saturated rings. The minimum Gasteiger partial charge on any atom is -0.484 e. The zero-order valence-corrected chi connectivity index (χ0v) is 15.4. The molecule has 27 heavy (non-hydrogen) atoms. The number of benzene rings is 2. The quantitative estimate of drug-likeness (QED) is 0.732. The molecule has 0 radical (unpaired) electrons. The molecule has 0 bridgehead atoms. The highest BCUT2D eigenvalue weighted by Gasteiger charge is 2.18. The van der Waals surface area contributed by atoms with Gasteiger partial charge in [0, 0.05) is 17.1 Å². The molecule has 0 aliphatic heterocycles. The third-order valence-corrected chi connectivity index (χ3v) is 4.12. The molecule has 2 N–H and O–H groups in total. The van der Waals surface area contributed by atoms with Crippen LogP contribution < -0.4 is 15.6 Å². The minimum atomic E-state index is -0.369. The van der Waals surface area contributed by atoms with Gasteiger partial charge in [0.15, 0.2) is 6.61 Å². The lowest BCUT2D eigenvalue weighted by atomic mass is 9.85. The van der Waals surface area contributed by atoms with Crippen LogP contribution in [0.2, 0.25) is 0 Å². The third kappa shape index (κ3) is 4.53. The third-order valence-electron chi connectivity index (χ3n) is 4.12. The molecule has 0 unspecified atom stereocenters. The van der Waals surface area contributed by atoms with Gasteiger partial charge >= 0.3 is 0 Å². The summed E-state index contributed by atoms with van der Waals surface area (Å²) in [5.41, 5.74) is 1.79. The van der Waals surface area contributed by atoms with Gasteiger partial charge in [-0.05, 0) is 47.4 Å². The van der Waals surface area contributed by atoms with E-state index in [2.05, 4.69) is 10.3 Å². The Kier molecular flexibility index (Phi) is 4.99. The van der Waals surface area contributed by atoms with Crippen LogP contribution in [0.15, 0.2) is 53.3 Å². The van der Waals surface area contributed by atoms with Crippen LogP contribution in [-0.4, -0.2) is 17.5 Å². The maximum Gasteiger partial charge on any atom is 0.262 e. The summed E-state index contributed by atoms with van der Waals surface area (Å²) in [5.74, 6) is -0.316. The molecule has 0 atom stereocenters. The fourth-order valence-electron chi connectivity index (χ4n) is 2.84. The number of hydrogen-bond acceptors (Lipinski definition) is 3. The van der Waals surface area contributed by atoms with Crippen molar-refractivity contribution >= 4 is 22.5 Å². The number of ether oxygens (including phenoxy) is 1. The summed E-state index contributed by atoms with van der Waals surface area (Å²) in [6.45, 7) is 5.93. The lowest BCUT2D eigenvalue weighted by Gasteiger charge is -2.21. The van der Waals surface area contributed by atoms with E-state index in [1.54, 1.807) is 18.2 Å². The number of carbonyl (C=O) groups excluding carboxylic acids is 1. The van der Waals surface area contributed by atoms with Gasteiger partial charge in [-0.3, -0.25) is 9.59 Å². The molecule has 0 saturated carbocycles. The molecule has 3 rings (SSSR count). The maximum absolute atomic E-state index is 12.9. The van der Waals surface area contributed by atoms with Crippen LogP contribution in [-0.2, 0) is 10.2 Å². The lowest BCUT2D eigenvalue weighted by Crippen LogP contribution is -2.20. The van der Waals surface area contributed by atoms with Crippen molar-refractivity contribution in [2.75, 3.05) is 11.9 Å². The maximum atomic E-state index is 12.9. The highest BCUT2D eigenvalue weighted by Crippen LogP contribution is 2.29. The van der Waals surface area contributed by atoms with Crippen LogP contribution in [0.5, 0.6) is 5.75 Å². The number of nitrogens with one attached hydrogen (secondary N) is 2. The first-order valence-electron chi connectivity index (χ1n) is 8.58. The molecule has 3 aromatic rings. The number of pyridine rings is 1. The van der Waals surface area contributed by atoms with Crippen molar-refractivity contribution in [3.8, 4) is 5.75 Å². The van der Waals surface area contributed by atoms with E-state index in [1.807, 2.05) is 26.8 Å². The fraction of sp³-hybridized carbons (Fsp3) is 0.238. The Morgan fingerprint density at radius 3 is 2.48 bits per heavy atom. The molecule has 1 aromatic heterocycles. The average Bonchev–Trinajstić information content (AvgIpc) is 2.59. The van der Waals surface area contributed by atoms with E-state index in [0.29, 0.717) is 17.0 Å². The second kappa shape index (κ2) is 7.23. The molecule has 5 nitrogen and oxygen atoms in total. The van der Waals surface area contributed by atoms with Crippen molar-refractivity contribution in [3.63, 3.8) is 0 Å². The average molecular weight is 368 g/mol. The number of amides is 1.